The molecule has 98 valence electrons. The second-order valence-electron chi connectivity index (χ2n) is 3.70. The van der Waals surface area contributed by atoms with E-state index < -0.39 is 0 Å². The standard InChI is InChI=1S/C14H12ClNO2S/c1-18-14(17)12-4-2-3-5-13(12)19-16-11-8-6-10(15)7-9-11/h2-9,16H,1H3. The van der Waals surface area contributed by atoms with Gasteiger partial charge < -0.3 is 9.46 Å². The van der Waals surface area contributed by atoms with Crippen molar-refractivity contribution in [3.05, 3.63) is 59.1 Å². The van der Waals surface area contributed by atoms with E-state index in [2.05, 4.69) is 4.72 Å². The van der Waals surface area contributed by atoms with Crippen molar-refractivity contribution in [1.82, 2.24) is 0 Å². The number of ether oxygens (including phenoxy) is 1. The quantitative estimate of drug-likeness (QED) is 0.676. The summed E-state index contributed by atoms with van der Waals surface area (Å²) in [4.78, 5) is 12.4. The van der Waals surface area contributed by atoms with Gasteiger partial charge in [-0.3, -0.25) is 0 Å². The smallest absolute Gasteiger partial charge is 0.339 e. The highest BCUT2D eigenvalue weighted by atomic mass is 35.5. The molecule has 0 aliphatic carbocycles. The van der Waals surface area contributed by atoms with Crippen LogP contribution >= 0.6 is 23.5 Å². The van der Waals surface area contributed by atoms with Gasteiger partial charge in [-0.05, 0) is 48.3 Å². The molecule has 3 nitrogen and oxygen atoms in total. The largest absolute Gasteiger partial charge is 0.465 e. The molecule has 0 heterocycles. The molecule has 0 saturated carbocycles. The summed E-state index contributed by atoms with van der Waals surface area (Å²) in [6.45, 7) is 0. The number of hydrogen-bond acceptors (Lipinski definition) is 4. The van der Waals surface area contributed by atoms with Gasteiger partial charge in [0.15, 0.2) is 0 Å². The number of anilines is 1. The minimum absolute atomic E-state index is 0.346. The fourth-order valence-corrected chi connectivity index (χ4v) is 2.36. The first kappa shape index (κ1) is 13.8. The van der Waals surface area contributed by atoms with Crippen LogP contribution in [0.4, 0.5) is 5.69 Å². The molecule has 1 N–H and O–H groups in total. The second kappa shape index (κ2) is 6.50. The van der Waals surface area contributed by atoms with Gasteiger partial charge in [0.1, 0.15) is 0 Å². The SMILES string of the molecule is COC(=O)c1ccccc1SNc1ccc(Cl)cc1. The number of methoxy groups -OCH3 is 1. The van der Waals surface area contributed by atoms with E-state index in [-0.39, 0.29) is 5.97 Å². The van der Waals surface area contributed by atoms with E-state index in [0.29, 0.717) is 10.6 Å². The molecule has 0 radical (unpaired) electrons. The lowest BCUT2D eigenvalue weighted by atomic mass is 10.2. The first-order valence-electron chi connectivity index (χ1n) is 5.56. The molecule has 0 saturated heterocycles. The van der Waals surface area contributed by atoms with Crippen LogP contribution in [0.15, 0.2) is 53.4 Å². The Morgan fingerprint density at radius 3 is 2.53 bits per heavy atom. The minimum Gasteiger partial charge on any atom is -0.465 e. The molecular weight excluding hydrogens is 282 g/mol. The van der Waals surface area contributed by atoms with Crippen LogP contribution in [0.3, 0.4) is 0 Å². The van der Waals surface area contributed by atoms with Crippen LogP contribution in [0.25, 0.3) is 0 Å². The molecule has 0 aliphatic rings. The van der Waals surface area contributed by atoms with Gasteiger partial charge in [0, 0.05) is 15.6 Å². The highest BCUT2D eigenvalue weighted by Gasteiger charge is 2.11. The van der Waals surface area contributed by atoms with E-state index in [1.165, 1.54) is 19.1 Å². The Bertz CT molecular complexity index is 572. The summed E-state index contributed by atoms with van der Waals surface area (Å²) in [5.41, 5.74) is 1.45. The first-order valence-corrected chi connectivity index (χ1v) is 6.76. The number of carbonyl (C=O) groups is 1. The summed E-state index contributed by atoms with van der Waals surface area (Å²) in [6, 6.07) is 14.6. The Morgan fingerprint density at radius 1 is 1.16 bits per heavy atom. The molecule has 0 unspecified atom stereocenters. The predicted octanol–water partition coefficient (Wildman–Crippen LogP) is 4.25. The molecule has 0 aliphatic heterocycles. The van der Waals surface area contributed by atoms with Crippen molar-refractivity contribution in [3.8, 4) is 0 Å². The van der Waals surface area contributed by atoms with Crippen molar-refractivity contribution < 1.29 is 9.53 Å². The van der Waals surface area contributed by atoms with Crippen LogP contribution in [0.2, 0.25) is 5.02 Å². The van der Waals surface area contributed by atoms with Crippen LogP contribution in [0, 0.1) is 0 Å². The van der Waals surface area contributed by atoms with Crippen molar-refractivity contribution in [1.29, 1.82) is 0 Å². The highest BCUT2D eigenvalue weighted by Crippen LogP contribution is 2.25. The number of nitrogens with one attached hydrogen (secondary N) is 1. The van der Waals surface area contributed by atoms with Crippen LogP contribution in [-0.4, -0.2) is 13.1 Å². The zero-order chi connectivity index (χ0) is 13.7. The maximum atomic E-state index is 11.6. The predicted molar refractivity (Wildman–Crippen MR) is 78.7 cm³/mol. The van der Waals surface area contributed by atoms with E-state index in [9.17, 15) is 4.79 Å². The Morgan fingerprint density at radius 2 is 1.84 bits per heavy atom. The Balaban J connectivity index is 2.11. The third kappa shape index (κ3) is 3.66. The maximum Gasteiger partial charge on any atom is 0.339 e. The van der Waals surface area contributed by atoms with E-state index in [1.54, 1.807) is 24.3 Å². The van der Waals surface area contributed by atoms with Gasteiger partial charge in [0.2, 0.25) is 0 Å². The Labute approximate surface area is 121 Å². The summed E-state index contributed by atoms with van der Waals surface area (Å²) < 4.78 is 7.90. The van der Waals surface area contributed by atoms with E-state index >= 15 is 0 Å². The number of esters is 1. The molecule has 0 bridgehead atoms. The van der Waals surface area contributed by atoms with Crippen molar-refractivity contribution in [2.45, 2.75) is 4.90 Å². The molecule has 19 heavy (non-hydrogen) atoms. The zero-order valence-corrected chi connectivity index (χ0v) is 11.8. The lowest BCUT2D eigenvalue weighted by Gasteiger charge is -2.09. The van der Waals surface area contributed by atoms with Crippen molar-refractivity contribution in [2.24, 2.45) is 0 Å². The Kier molecular flexibility index (Phi) is 4.71. The second-order valence-corrected chi connectivity index (χ2v) is 4.98. The van der Waals surface area contributed by atoms with Crippen molar-refractivity contribution in [3.63, 3.8) is 0 Å². The molecular formula is C14H12ClNO2S. The number of hydrogen-bond donors (Lipinski definition) is 1. The minimum atomic E-state index is -0.346. The van der Waals surface area contributed by atoms with Gasteiger partial charge in [-0.15, -0.1) is 0 Å². The van der Waals surface area contributed by atoms with Gasteiger partial charge in [0.25, 0.3) is 0 Å². The van der Waals surface area contributed by atoms with Crippen LogP contribution in [0.5, 0.6) is 0 Å². The van der Waals surface area contributed by atoms with E-state index in [0.717, 1.165) is 10.6 Å². The maximum absolute atomic E-state index is 11.6. The summed E-state index contributed by atoms with van der Waals surface area (Å²) in [7, 11) is 1.37. The molecule has 2 rings (SSSR count). The number of benzene rings is 2. The van der Waals surface area contributed by atoms with Gasteiger partial charge >= 0.3 is 5.97 Å². The number of rotatable bonds is 4. The summed E-state index contributed by atoms with van der Waals surface area (Å²) >= 11 is 7.17. The molecule has 0 fully saturated rings. The normalized spacial score (nSPS) is 10.0. The fraction of sp³-hybridized carbons (Fsp3) is 0.0714. The average molecular weight is 294 g/mol. The third-order valence-corrected chi connectivity index (χ3v) is 3.58. The van der Waals surface area contributed by atoms with Gasteiger partial charge in [0.05, 0.1) is 12.7 Å². The molecule has 0 aromatic heterocycles. The lowest BCUT2D eigenvalue weighted by Crippen LogP contribution is -2.03. The molecule has 5 heteroatoms. The van der Waals surface area contributed by atoms with Crippen molar-refractivity contribution in [2.75, 3.05) is 11.8 Å². The molecule has 0 atom stereocenters. The average Bonchev–Trinajstić information content (AvgIpc) is 2.46. The number of halogens is 1. The van der Waals surface area contributed by atoms with E-state index in [1.807, 2.05) is 24.3 Å². The van der Waals surface area contributed by atoms with Gasteiger partial charge in [-0.1, -0.05) is 23.7 Å². The first-order chi connectivity index (χ1) is 9.20. The van der Waals surface area contributed by atoms with Gasteiger partial charge in [-0.2, -0.15) is 0 Å². The van der Waals surface area contributed by atoms with Crippen LogP contribution in [0.1, 0.15) is 10.4 Å². The monoisotopic (exact) mass is 293 g/mol. The summed E-state index contributed by atoms with van der Waals surface area (Å²) in [5.74, 6) is -0.346. The fourth-order valence-electron chi connectivity index (χ4n) is 1.47. The summed E-state index contributed by atoms with van der Waals surface area (Å²) in [6.07, 6.45) is 0. The highest BCUT2D eigenvalue weighted by molar-refractivity contribution is 8.00. The topological polar surface area (TPSA) is 38.3 Å². The van der Waals surface area contributed by atoms with E-state index in [4.69, 9.17) is 16.3 Å². The molecule has 2 aromatic carbocycles. The Hall–Kier alpha value is -1.65. The van der Waals surface area contributed by atoms with Crippen LogP contribution in [-0.2, 0) is 4.74 Å². The molecule has 2 aromatic rings. The molecule has 0 amide bonds. The summed E-state index contributed by atoms with van der Waals surface area (Å²) in [5, 5.41) is 0.686. The lowest BCUT2D eigenvalue weighted by molar-refractivity contribution is 0.0597. The van der Waals surface area contributed by atoms with Crippen LogP contribution < -0.4 is 4.72 Å². The third-order valence-electron chi connectivity index (χ3n) is 2.42. The zero-order valence-electron chi connectivity index (χ0n) is 10.2. The van der Waals surface area contributed by atoms with Crippen molar-refractivity contribution >= 4 is 35.2 Å². The number of carbonyl (C=O) groups excluding carboxylic acids is 1. The van der Waals surface area contributed by atoms with Gasteiger partial charge in [-0.25, -0.2) is 4.79 Å². The molecule has 0 spiro atoms.